The lowest BCUT2D eigenvalue weighted by Crippen LogP contribution is -2.40. The number of benzene rings is 2. The van der Waals surface area contributed by atoms with Gasteiger partial charge in [0.2, 0.25) is 10.0 Å². The average Bonchev–Trinajstić information content (AvgIpc) is 2.67. The third kappa shape index (κ3) is 4.76. The van der Waals surface area contributed by atoms with E-state index in [9.17, 15) is 13.2 Å². The molecule has 0 spiro atoms. The van der Waals surface area contributed by atoms with Crippen molar-refractivity contribution in [3.63, 3.8) is 0 Å². The minimum absolute atomic E-state index is 0.127. The molecule has 3 rings (SSSR count). The molecule has 0 aliphatic carbocycles. The molecule has 1 saturated heterocycles. The predicted molar refractivity (Wildman–Crippen MR) is 106 cm³/mol. The number of nitrogens with zero attached hydrogens (tertiary/aromatic N) is 1. The van der Waals surface area contributed by atoms with Crippen LogP contribution in [0.15, 0.2) is 51.8 Å². The third-order valence-electron chi connectivity index (χ3n) is 4.40. The molecular weight excluding hydrogens is 432 g/mol. The lowest BCUT2D eigenvalue weighted by molar-refractivity contribution is 0.0730. The summed E-state index contributed by atoms with van der Waals surface area (Å²) in [5.74, 6) is -0.300. The van der Waals surface area contributed by atoms with Crippen LogP contribution in [0.5, 0.6) is 0 Å². The topological polar surface area (TPSA) is 75.7 Å². The van der Waals surface area contributed by atoms with Gasteiger partial charge in [-0.3, -0.25) is 4.79 Å². The number of amides is 1. The SMILES string of the molecule is Cc1ccc(S(=O)(=O)N2CCOCC2)cc1C(=O)NCc1cccc(Br)c1. The minimum atomic E-state index is -3.64. The highest BCUT2D eigenvalue weighted by Crippen LogP contribution is 2.21. The molecule has 0 aromatic heterocycles. The second-order valence-electron chi connectivity index (χ2n) is 6.31. The highest BCUT2D eigenvalue weighted by molar-refractivity contribution is 9.10. The Balaban J connectivity index is 1.79. The fraction of sp³-hybridized carbons (Fsp3) is 0.316. The van der Waals surface area contributed by atoms with Crippen molar-refractivity contribution in [1.29, 1.82) is 0 Å². The smallest absolute Gasteiger partial charge is 0.251 e. The van der Waals surface area contributed by atoms with E-state index in [4.69, 9.17) is 4.74 Å². The second kappa shape index (κ2) is 8.52. The highest BCUT2D eigenvalue weighted by atomic mass is 79.9. The van der Waals surface area contributed by atoms with Crippen LogP contribution in [0.25, 0.3) is 0 Å². The van der Waals surface area contributed by atoms with Crippen LogP contribution in [0, 0.1) is 6.92 Å². The summed E-state index contributed by atoms with van der Waals surface area (Å²) in [5, 5.41) is 2.85. The van der Waals surface area contributed by atoms with E-state index >= 15 is 0 Å². The van der Waals surface area contributed by atoms with Gasteiger partial charge in [-0.05, 0) is 42.3 Å². The highest BCUT2D eigenvalue weighted by Gasteiger charge is 2.27. The first-order chi connectivity index (χ1) is 12.9. The fourth-order valence-corrected chi connectivity index (χ4v) is 4.75. The van der Waals surface area contributed by atoms with Crippen LogP contribution >= 0.6 is 15.9 Å². The maximum atomic E-state index is 12.8. The molecule has 1 N–H and O–H groups in total. The van der Waals surface area contributed by atoms with Gasteiger partial charge in [0, 0.05) is 29.7 Å². The number of carbonyl (C=O) groups is 1. The second-order valence-corrected chi connectivity index (χ2v) is 9.16. The van der Waals surface area contributed by atoms with Gasteiger partial charge in [0.1, 0.15) is 0 Å². The maximum Gasteiger partial charge on any atom is 0.251 e. The Morgan fingerprint density at radius 3 is 2.63 bits per heavy atom. The van der Waals surface area contributed by atoms with Gasteiger partial charge < -0.3 is 10.1 Å². The lowest BCUT2D eigenvalue weighted by atomic mass is 10.1. The van der Waals surface area contributed by atoms with E-state index in [1.165, 1.54) is 10.4 Å². The molecule has 0 radical (unpaired) electrons. The Morgan fingerprint density at radius 1 is 1.19 bits per heavy atom. The first-order valence-corrected chi connectivity index (χ1v) is 10.8. The summed E-state index contributed by atoms with van der Waals surface area (Å²) in [4.78, 5) is 12.8. The van der Waals surface area contributed by atoms with E-state index in [0.29, 0.717) is 38.4 Å². The zero-order valence-electron chi connectivity index (χ0n) is 14.9. The summed E-state index contributed by atoms with van der Waals surface area (Å²) in [7, 11) is -3.64. The number of sulfonamides is 1. The zero-order valence-corrected chi connectivity index (χ0v) is 17.3. The zero-order chi connectivity index (χ0) is 19.4. The number of nitrogens with one attached hydrogen (secondary N) is 1. The Morgan fingerprint density at radius 2 is 1.93 bits per heavy atom. The molecule has 144 valence electrons. The third-order valence-corrected chi connectivity index (χ3v) is 6.79. The largest absolute Gasteiger partial charge is 0.379 e. The van der Waals surface area contributed by atoms with Crippen molar-refractivity contribution in [3.8, 4) is 0 Å². The molecule has 27 heavy (non-hydrogen) atoms. The first-order valence-electron chi connectivity index (χ1n) is 8.59. The standard InChI is InChI=1S/C19H21BrN2O4S/c1-14-5-6-17(27(24,25)22-7-9-26-10-8-22)12-18(14)19(23)21-13-15-3-2-4-16(20)11-15/h2-6,11-12H,7-10,13H2,1H3,(H,21,23). The van der Waals surface area contributed by atoms with E-state index < -0.39 is 10.0 Å². The van der Waals surface area contributed by atoms with Crippen molar-refractivity contribution in [1.82, 2.24) is 9.62 Å². The Hall–Kier alpha value is -1.74. The maximum absolute atomic E-state index is 12.8. The molecule has 0 bridgehead atoms. The molecule has 2 aromatic rings. The van der Waals surface area contributed by atoms with Crippen LogP contribution in [0.3, 0.4) is 0 Å². The summed E-state index contributed by atoms with van der Waals surface area (Å²) < 4.78 is 33.2. The molecule has 0 unspecified atom stereocenters. The van der Waals surface area contributed by atoms with Crippen molar-refractivity contribution in [2.24, 2.45) is 0 Å². The molecule has 1 amide bonds. The van der Waals surface area contributed by atoms with Crippen molar-refractivity contribution in [2.45, 2.75) is 18.4 Å². The molecule has 1 aliphatic heterocycles. The summed E-state index contributed by atoms with van der Waals surface area (Å²) in [5.41, 5.74) is 2.04. The number of ether oxygens (including phenoxy) is 1. The van der Waals surface area contributed by atoms with Crippen LogP contribution in [-0.4, -0.2) is 44.9 Å². The van der Waals surface area contributed by atoms with Crippen LogP contribution < -0.4 is 5.32 Å². The molecule has 1 fully saturated rings. The van der Waals surface area contributed by atoms with E-state index in [1.54, 1.807) is 19.1 Å². The van der Waals surface area contributed by atoms with E-state index in [1.807, 2.05) is 24.3 Å². The number of hydrogen-bond donors (Lipinski definition) is 1. The van der Waals surface area contributed by atoms with E-state index in [2.05, 4.69) is 21.2 Å². The monoisotopic (exact) mass is 452 g/mol. The normalized spacial score (nSPS) is 15.5. The number of aryl methyl sites for hydroxylation is 1. The number of rotatable bonds is 5. The Labute approximate surface area is 167 Å². The molecule has 2 aromatic carbocycles. The van der Waals surface area contributed by atoms with Crippen LogP contribution in [0.4, 0.5) is 0 Å². The lowest BCUT2D eigenvalue weighted by Gasteiger charge is -2.26. The van der Waals surface area contributed by atoms with Gasteiger partial charge in [0.25, 0.3) is 5.91 Å². The fourth-order valence-electron chi connectivity index (χ4n) is 2.87. The van der Waals surface area contributed by atoms with Gasteiger partial charge in [-0.25, -0.2) is 8.42 Å². The van der Waals surface area contributed by atoms with Crippen molar-refractivity contribution < 1.29 is 17.9 Å². The molecule has 6 nitrogen and oxygen atoms in total. The molecule has 0 atom stereocenters. The molecule has 1 heterocycles. The van der Waals surface area contributed by atoms with Crippen molar-refractivity contribution in [3.05, 3.63) is 63.6 Å². The minimum Gasteiger partial charge on any atom is -0.379 e. The molecular formula is C19H21BrN2O4S. The van der Waals surface area contributed by atoms with Gasteiger partial charge in [-0.1, -0.05) is 34.1 Å². The molecule has 1 aliphatic rings. The van der Waals surface area contributed by atoms with Crippen LogP contribution in [0.2, 0.25) is 0 Å². The van der Waals surface area contributed by atoms with Crippen molar-refractivity contribution in [2.75, 3.05) is 26.3 Å². The number of hydrogen-bond acceptors (Lipinski definition) is 4. The number of carbonyl (C=O) groups excluding carboxylic acids is 1. The number of morpholine rings is 1. The van der Waals surface area contributed by atoms with Crippen LogP contribution in [-0.2, 0) is 21.3 Å². The summed E-state index contributed by atoms with van der Waals surface area (Å²) in [6.07, 6.45) is 0. The van der Waals surface area contributed by atoms with Crippen LogP contribution in [0.1, 0.15) is 21.5 Å². The Kier molecular flexibility index (Phi) is 6.31. The van der Waals surface area contributed by atoms with Gasteiger partial charge in [0.15, 0.2) is 0 Å². The Bertz CT molecular complexity index is 940. The van der Waals surface area contributed by atoms with E-state index in [0.717, 1.165) is 15.6 Å². The summed E-state index contributed by atoms with van der Waals surface area (Å²) in [6.45, 7) is 3.55. The van der Waals surface area contributed by atoms with Crippen molar-refractivity contribution >= 4 is 31.9 Å². The summed E-state index contributed by atoms with van der Waals surface area (Å²) >= 11 is 3.40. The first kappa shape index (κ1) is 20.0. The predicted octanol–water partition coefficient (Wildman–Crippen LogP) is 2.71. The van der Waals surface area contributed by atoms with Gasteiger partial charge in [-0.15, -0.1) is 0 Å². The summed E-state index contributed by atoms with van der Waals surface area (Å²) in [6, 6.07) is 12.3. The molecule has 0 saturated carbocycles. The quantitative estimate of drug-likeness (QED) is 0.756. The van der Waals surface area contributed by atoms with Gasteiger partial charge in [0.05, 0.1) is 18.1 Å². The molecule has 8 heteroatoms. The van der Waals surface area contributed by atoms with Gasteiger partial charge in [-0.2, -0.15) is 4.31 Å². The number of halogens is 1. The van der Waals surface area contributed by atoms with Gasteiger partial charge >= 0.3 is 0 Å². The average molecular weight is 453 g/mol. The van der Waals surface area contributed by atoms with E-state index in [-0.39, 0.29) is 10.8 Å².